The van der Waals surface area contributed by atoms with Gasteiger partial charge in [0.15, 0.2) is 0 Å². The Morgan fingerprint density at radius 1 is 1.14 bits per heavy atom. The fourth-order valence-electron chi connectivity index (χ4n) is 3.36. The van der Waals surface area contributed by atoms with Crippen LogP contribution in [0.25, 0.3) is 0 Å². The van der Waals surface area contributed by atoms with Crippen LogP contribution in [-0.2, 0) is 0 Å². The van der Waals surface area contributed by atoms with Crippen molar-refractivity contribution in [2.24, 2.45) is 0 Å². The minimum absolute atomic E-state index is 0.102. The van der Waals surface area contributed by atoms with Crippen molar-refractivity contribution in [2.45, 2.75) is 44.8 Å². The Kier molecular flexibility index (Phi) is 6.47. The van der Waals surface area contributed by atoms with Gasteiger partial charge in [-0.25, -0.2) is 4.79 Å². The van der Waals surface area contributed by atoms with Crippen LogP contribution in [0.4, 0.5) is 4.79 Å². The maximum Gasteiger partial charge on any atom is 0.317 e. The van der Waals surface area contributed by atoms with E-state index in [-0.39, 0.29) is 6.03 Å². The molecule has 2 amide bonds. The number of rotatable bonds is 4. The molecule has 2 N–H and O–H groups in total. The molecular formula is C16H33N5O. The summed E-state index contributed by atoms with van der Waals surface area (Å²) in [5.74, 6) is 0. The van der Waals surface area contributed by atoms with Crippen molar-refractivity contribution in [2.75, 3.05) is 53.4 Å². The van der Waals surface area contributed by atoms with Crippen molar-refractivity contribution in [3.63, 3.8) is 0 Å². The van der Waals surface area contributed by atoms with Gasteiger partial charge in [0.2, 0.25) is 0 Å². The molecule has 22 heavy (non-hydrogen) atoms. The lowest BCUT2D eigenvalue weighted by Crippen LogP contribution is -2.56. The molecule has 0 radical (unpaired) electrons. The number of likely N-dealkylation sites (tertiary alicyclic amines) is 1. The summed E-state index contributed by atoms with van der Waals surface area (Å²) in [5, 5.41) is 6.69. The van der Waals surface area contributed by atoms with Crippen LogP contribution < -0.4 is 10.6 Å². The van der Waals surface area contributed by atoms with Gasteiger partial charge >= 0.3 is 6.03 Å². The predicted octanol–water partition coefficient (Wildman–Crippen LogP) is 0.404. The largest absolute Gasteiger partial charge is 0.336 e. The van der Waals surface area contributed by atoms with E-state index >= 15 is 0 Å². The third-order valence-electron chi connectivity index (χ3n) is 4.82. The van der Waals surface area contributed by atoms with Gasteiger partial charge in [-0.2, -0.15) is 0 Å². The highest BCUT2D eigenvalue weighted by Gasteiger charge is 2.25. The van der Waals surface area contributed by atoms with Gasteiger partial charge in [-0.1, -0.05) is 13.8 Å². The zero-order chi connectivity index (χ0) is 16.1. The molecule has 0 saturated carbocycles. The highest BCUT2D eigenvalue weighted by Crippen LogP contribution is 2.11. The molecule has 128 valence electrons. The van der Waals surface area contributed by atoms with Crippen LogP contribution in [0.15, 0.2) is 0 Å². The summed E-state index contributed by atoms with van der Waals surface area (Å²) in [4.78, 5) is 19.0. The molecule has 0 bridgehead atoms. The van der Waals surface area contributed by atoms with Crippen LogP contribution in [0.1, 0.15) is 26.7 Å². The fourth-order valence-corrected chi connectivity index (χ4v) is 3.36. The smallest absolute Gasteiger partial charge is 0.317 e. The number of carbonyl (C=O) groups is 1. The van der Waals surface area contributed by atoms with Crippen molar-refractivity contribution < 1.29 is 4.79 Å². The van der Waals surface area contributed by atoms with Crippen LogP contribution >= 0.6 is 0 Å². The van der Waals surface area contributed by atoms with Gasteiger partial charge in [0.05, 0.1) is 0 Å². The number of piperidine rings is 1. The Labute approximate surface area is 135 Å². The minimum atomic E-state index is 0.102. The van der Waals surface area contributed by atoms with E-state index in [1.165, 1.54) is 0 Å². The molecule has 6 heteroatoms. The topological polar surface area (TPSA) is 50.9 Å². The molecule has 2 rings (SSSR count). The van der Waals surface area contributed by atoms with E-state index in [1.807, 2.05) is 4.90 Å². The first kappa shape index (κ1) is 17.5. The molecule has 1 unspecified atom stereocenters. The summed E-state index contributed by atoms with van der Waals surface area (Å²) in [5.41, 5.74) is 0. The molecule has 2 aliphatic rings. The van der Waals surface area contributed by atoms with Gasteiger partial charge in [0, 0.05) is 57.4 Å². The molecule has 6 nitrogen and oxygen atoms in total. The molecule has 2 aliphatic heterocycles. The Morgan fingerprint density at radius 3 is 2.45 bits per heavy atom. The summed E-state index contributed by atoms with van der Waals surface area (Å²) in [6.07, 6.45) is 2.11. The number of hydrogen-bond acceptors (Lipinski definition) is 4. The van der Waals surface area contributed by atoms with Gasteiger partial charge in [-0.05, 0) is 26.9 Å². The third-order valence-corrected chi connectivity index (χ3v) is 4.82. The lowest BCUT2D eigenvalue weighted by molar-refractivity contribution is 0.111. The first-order valence-corrected chi connectivity index (χ1v) is 8.63. The second-order valence-corrected chi connectivity index (χ2v) is 7.17. The molecule has 0 aliphatic carbocycles. The zero-order valence-corrected chi connectivity index (χ0v) is 14.6. The SMILES string of the molecule is CC(C)NC1CCN(C(=O)NCC2CN(C)CCN2C)CC1. The van der Waals surface area contributed by atoms with Gasteiger partial charge in [0.1, 0.15) is 0 Å². The Hall–Kier alpha value is -0.850. The first-order valence-electron chi connectivity index (χ1n) is 8.63. The van der Waals surface area contributed by atoms with E-state index in [1.54, 1.807) is 0 Å². The number of amides is 2. The Morgan fingerprint density at radius 2 is 1.82 bits per heavy atom. The quantitative estimate of drug-likeness (QED) is 0.789. The van der Waals surface area contributed by atoms with E-state index in [4.69, 9.17) is 0 Å². The molecule has 2 fully saturated rings. The normalized spacial score (nSPS) is 25.7. The molecule has 2 saturated heterocycles. The molecule has 1 atom stereocenters. The maximum atomic E-state index is 12.3. The van der Waals surface area contributed by atoms with Crippen molar-refractivity contribution in [1.82, 2.24) is 25.3 Å². The number of piperazine rings is 1. The third kappa shape index (κ3) is 5.11. The Bertz CT molecular complexity index is 354. The summed E-state index contributed by atoms with van der Waals surface area (Å²) >= 11 is 0. The Balaban J connectivity index is 1.69. The van der Waals surface area contributed by atoms with Gasteiger partial charge < -0.3 is 20.4 Å². The molecule has 0 aromatic carbocycles. The lowest BCUT2D eigenvalue weighted by atomic mass is 10.0. The number of likely N-dealkylation sites (N-methyl/N-ethyl adjacent to an activating group) is 2. The summed E-state index contributed by atoms with van der Waals surface area (Å²) in [6.45, 7) is 10.0. The van der Waals surface area contributed by atoms with Crippen molar-refractivity contribution in [1.29, 1.82) is 0 Å². The maximum absolute atomic E-state index is 12.3. The molecule has 0 aromatic rings. The zero-order valence-electron chi connectivity index (χ0n) is 14.6. The van der Waals surface area contributed by atoms with Gasteiger partial charge in [-0.3, -0.25) is 4.90 Å². The van der Waals surface area contributed by atoms with E-state index in [0.717, 1.165) is 52.1 Å². The summed E-state index contributed by atoms with van der Waals surface area (Å²) in [6, 6.07) is 1.60. The number of carbonyl (C=O) groups excluding carboxylic acids is 1. The standard InChI is InChI=1S/C16H33N5O/c1-13(2)18-14-5-7-21(8-6-14)16(22)17-11-15-12-19(3)9-10-20(15)4/h13-15,18H,5-12H2,1-4H3,(H,17,22). The molecule has 0 spiro atoms. The lowest BCUT2D eigenvalue weighted by Gasteiger charge is -2.38. The molecule has 2 heterocycles. The van der Waals surface area contributed by atoms with E-state index in [9.17, 15) is 4.79 Å². The average molecular weight is 311 g/mol. The van der Waals surface area contributed by atoms with E-state index in [2.05, 4.69) is 48.4 Å². The first-order chi connectivity index (χ1) is 10.5. The summed E-state index contributed by atoms with van der Waals surface area (Å²) < 4.78 is 0. The van der Waals surface area contributed by atoms with Gasteiger partial charge in [0.25, 0.3) is 0 Å². The average Bonchev–Trinajstić information content (AvgIpc) is 2.48. The van der Waals surface area contributed by atoms with Crippen molar-refractivity contribution in [3.05, 3.63) is 0 Å². The minimum Gasteiger partial charge on any atom is -0.336 e. The highest BCUT2D eigenvalue weighted by molar-refractivity contribution is 5.74. The monoisotopic (exact) mass is 311 g/mol. The highest BCUT2D eigenvalue weighted by atomic mass is 16.2. The fraction of sp³-hybridized carbons (Fsp3) is 0.938. The number of nitrogens with one attached hydrogen (secondary N) is 2. The number of urea groups is 1. The van der Waals surface area contributed by atoms with Crippen molar-refractivity contribution >= 4 is 6.03 Å². The second kappa shape index (κ2) is 8.13. The molecular weight excluding hydrogens is 278 g/mol. The predicted molar refractivity (Wildman–Crippen MR) is 90.2 cm³/mol. The summed E-state index contributed by atoms with van der Waals surface area (Å²) in [7, 11) is 4.29. The van der Waals surface area contributed by atoms with Crippen LogP contribution in [-0.4, -0.2) is 92.2 Å². The van der Waals surface area contributed by atoms with Gasteiger partial charge in [-0.15, -0.1) is 0 Å². The molecule has 0 aromatic heterocycles. The van der Waals surface area contributed by atoms with Crippen LogP contribution in [0.2, 0.25) is 0 Å². The number of hydrogen-bond donors (Lipinski definition) is 2. The van der Waals surface area contributed by atoms with Crippen LogP contribution in [0.3, 0.4) is 0 Å². The van der Waals surface area contributed by atoms with Crippen LogP contribution in [0.5, 0.6) is 0 Å². The van der Waals surface area contributed by atoms with E-state index in [0.29, 0.717) is 18.1 Å². The second-order valence-electron chi connectivity index (χ2n) is 7.17. The van der Waals surface area contributed by atoms with E-state index < -0.39 is 0 Å². The van der Waals surface area contributed by atoms with Crippen molar-refractivity contribution in [3.8, 4) is 0 Å². The number of nitrogens with zero attached hydrogens (tertiary/aromatic N) is 3. The van der Waals surface area contributed by atoms with Crippen LogP contribution in [0, 0.1) is 0 Å².